The van der Waals surface area contributed by atoms with Crippen LogP contribution in [0.3, 0.4) is 0 Å². The SMILES string of the molecule is CCCCCCC(CCCCCC)C(=O)OCCNC(=O)OC(C)(C)C. The highest BCUT2D eigenvalue weighted by molar-refractivity contribution is 5.72. The average molecular weight is 372 g/mol. The van der Waals surface area contributed by atoms with Crippen molar-refractivity contribution in [3.63, 3.8) is 0 Å². The third-order valence-electron chi connectivity index (χ3n) is 4.16. The number of ether oxygens (including phenoxy) is 2. The standard InChI is InChI=1S/C21H41NO4/c1-6-8-10-12-14-18(15-13-11-9-7-2)19(23)25-17-16-22-20(24)26-21(3,4)5/h18H,6-17H2,1-5H3,(H,22,24). The molecule has 0 aliphatic heterocycles. The molecule has 1 N–H and O–H groups in total. The summed E-state index contributed by atoms with van der Waals surface area (Å²) in [5.41, 5.74) is -0.525. The molecule has 0 heterocycles. The molecule has 0 spiro atoms. The minimum atomic E-state index is -0.525. The first-order chi connectivity index (χ1) is 12.3. The Bertz CT molecular complexity index is 365. The Balaban J connectivity index is 4.14. The van der Waals surface area contributed by atoms with Gasteiger partial charge in [-0.2, -0.15) is 0 Å². The van der Waals surface area contributed by atoms with Gasteiger partial charge in [0.1, 0.15) is 12.2 Å². The highest BCUT2D eigenvalue weighted by Crippen LogP contribution is 2.20. The second-order valence-electron chi connectivity index (χ2n) is 7.99. The molecule has 5 heteroatoms. The predicted molar refractivity (Wildman–Crippen MR) is 106 cm³/mol. The van der Waals surface area contributed by atoms with Gasteiger partial charge >= 0.3 is 12.1 Å². The molecule has 0 bridgehead atoms. The predicted octanol–water partition coefficient (Wildman–Crippen LogP) is 5.61. The van der Waals surface area contributed by atoms with Crippen LogP contribution in [0.5, 0.6) is 0 Å². The van der Waals surface area contributed by atoms with E-state index in [1.807, 2.05) is 20.8 Å². The Kier molecular flexibility index (Phi) is 14.1. The van der Waals surface area contributed by atoms with Crippen LogP contribution in [0, 0.1) is 5.92 Å². The van der Waals surface area contributed by atoms with Crippen LogP contribution in [0.1, 0.15) is 98.8 Å². The van der Waals surface area contributed by atoms with Crippen LogP contribution >= 0.6 is 0 Å². The average Bonchev–Trinajstić information content (AvgIpc) is 2.55. The molecule has 0 unspecified atom stereocenters. The van der Waals surface area contributed by atoms with Gasteiger partial charge in [0, 0.05) is 0 Å². The van der Waals surface area contributed by atoms with Crippen molar-refractivity contribution in [2.24, 2.45) is 5.92 Å². The molecule has 0 radical (unpaired) electrons. The molecule has 0 aromatic rings. The minimum Gasteiger partial charge on any atom is -0.464 e. The summed E-state index contributed by atoms with van der Waals surface area (Å²) in [5.74, 6) is -0.130. The normalized spacial score (nSPS) is 11.5. The van der Waals surface area contributed by atoms with Gasteiger partial charge in [0.25, 0.3) is 0 Å². The van der Waals surface area contributed by atoms with Crippen molar-refractivity contribution < 1.29 is 19.1 Å². The third kappa shape index (κ3) is 15.0. The fourth-order valence-electron chi connectivity index (χ4n) is 2.75. The maximum atomic E-state index is 12.4. The highest BCUT2D eigenvalue weighted by atomic mass is 16.6. The van der Waals surface area contributed by atoms with Crippen LogP contribution in [0.4, 0.5) is 4.79 Å². The van der Waals surface area contributed by atoms with Crippen molar-refractivity contribution in [1.29, 1.82) is 0 Å². The maximum absolute atomic E-state index is 12.4. The summed E-state index contributed by atoms with van der Waals surface area (Å²) >= 11 is 0. The number of unbranched alkanes of at least 4 members (excludes halogenated alkanes) is 6. The fraction of sp³-hybridized carbons (Fsp3) is 0.905. The number of carbonyl (C=O) groups excluding carboxylic acids is 2. The first-order valence-corrected chi connectivity index (χ1v) is 10.4. The monoisotopic (exact) mass is 371 g/mol. The van der Waals surface area contributed by atoms with Crippen molar-refractivity contribution >= 4 is 12.1 Å². The summed E-state index contributed by atoms with van der Waals surface area (Å²) in [6.07, 6.45) is 10.7. The molecule has 0 atom stereocenters. The molecule has 0 rings (SSSR count). The first kappa shape index (κ1) is 24.7. The smallest absolute Gasteiger partial charge is 0.407 e. The highest BCUT2D eigenvalue weighted by Gasteiger charge is 2.20. The Morgan fingerprint density at radius 2 is 1.42 bits per heavy atom. The molecule has 0 aliphatic rings. The molecular weight excluding hydrogens is 330 g/mol. The van der Waals surface area contributed by atoms with Gasteiger partial charge in [-0.05, 0) is 33.6 Å². The lowest BCUT2D eigenvalue weighted by molar-refractivity contribution is -0.149. The number of esters is 1. The second kappa shape index (κ2) is 14.9. The van der Waals surface area contributed by atoms with Crippen molar-refractivity contribution in [3.8, 4) is 0 Å². The van der Waals surface area contributed by atoms with Crippen LogP contribution in [0.2, 0.25) is 0 Å². The van der Waals surface area contributed by atoms with Crippen LogP contribution in [-0.4, -0.2) is 30.8 Å². The Hall–Kier alpha value is -1.26. The summed E-state index contributed by atoms with van der Waals surface area (Å²) in [4.78, 5) is 23.9. The summed E-state index contributed by atoms with van der Waals surface area (Å²) in [6.45, 7) is 10.3. The van der Waals surface area contributed by atoms with E-state index in [0.29, 0.717) is 0 Å². The zero-order chi connectivity index (χ0) is 19.8. The van der Waals surface area contributed by atoms with E-state index in [0.717, 1.165) is 25.7 Å². The van der Waals surface area contributed by atoms with Gasteiger partial charge in [-0.15, -0.1) is 0 Å². The molecule has 0 aromatic heterocycles. The molecule has 0 saturated carbocycles. The molecule has 154 valence electrons. The van der Waals surface area contributed by atoms with Gasteiger partial charge in [-0.1, -0.05) is 65.2 Å². The van der Waals surface area contributed by atoms with E-state index >= 15 is 0 Å². The van der Waals surface area contributed by atoms with Crippen LogP contribution in [0.25, 0.3) is 0 Å². The summed E-state index contributed by atoms with van der Waals surface area (Å²) < 4.78 is 10.5. The van der Waals surface area contributed by atoms with Crippen LogP contribution in [0.15, 0.2) is 0 Å². The first-order valence-electron chi connectivity index (χ1n) is 10.4. The third-order valence-corrected chi connectivity index (χ3v) is 4.16. The minimum absolute atomic E-state index is 0.00904. The molecule has 0 aromatic carbocycles. The Labute approximate surface area is 160 Å². The summed E-state index contributed by atoms with van der Waals surface area (Å²) in [5, 5.41) is 2.61. The topological polar surface area (TPSA) is 64.6 Å². The van der Waals surface area contributed by atoms with E-state index in [-0.39, 0.29) is 25.0 Å². The van der Waals surface area contributed by atoms with Gasteiger partial charge < -0.3 is 14.8 Å². The largest absolute Gasteiger partial charge is 0.464 e. The quantitative estimate of drug-likeness (QED) is 0.318. The van der Waals surface area contributed by atoms with E-state index < -0.39 is 11.7 Å². The Morgan fingerprint density at radius 3 is 1.88 bits per heavy atom. The number of nitrogens with one attached hydrogen (secondary N) is 1. The maximum Gasteiger partial charge on any atom is 0.407 e. The van der Waals surface area contributed by atoms with E-state index in [1.54, 1.807) is 0 Å². The number of alkyl carbamates (subject to hydrolysis) is 1. The van der Waals surface area contributed by atoms with Crippen LogP contribution in [-0.2, 0) is 14.3 Å². The number of amides is 1. The Morgan fingerprint density at radius 1 is 0.885 bits per heavy atom. The lowest BCUT2D eigenvalue weighted by atomic mass is 9.94. The lowest BCUT2D eigenvalue weighted by Crippen LogP contribution is -2.35. The van der Waals surface area contributed by atoms with Crippen LogP contribution < -0.4 is 5.32 Å². The molecule has 0 saturated heterocycles. The summed E-state index contributed by atoms with van der Waals surface area (Å²) in [7, 11) is 0. The van der Waals surface area contributed by atoms with Crippen molar-refractivity contribution in [3.05, 3.63) is 0 Å². The van der Waals surface area contributed by atoms with E-state index in [4.69, 9.17) is 9.47 Å². The van der Waals surface area contributed by atoms with Crippen molar-refractivity contribution in [2.45, 2.75) is 104 Å². The van der Waals surface area contributed by atoms with Gasteiger partial charge in [0.2, 0.25) is 0 Å². The molecule has 0 fully saturated rings. The number of hydrogen-bond acceptors (Lipinski definition) is 4. The number of carbonyl (C=O) groups is 2. The number of hydrogen-bond donors (Lipinski definition) is 1. The van der Waals surface area contributed by atoms with Crippen molar-refractivity contribution in [1.82, 2.24) is 5.32 Å². The van der Waals surface area contributed by atoms with Gasteiger partial charge in [-0.25, -0.2) is 4.79 Å². The second-order valence-corrected chi connectivity index (χ2v) is 7.99. The van der Waals surface area contributed by atoms with E-state index in [1.165, 1.54) is 38.5 Å². The number of rotatable bonds is 14. The summed E-state index contributed by atoms with van der Waals surface area (Å²) in [6, 6.07) is 0. The van der Waals surface area contributed by atoms with Gasteiger partial charge in [0.05, 0.1) is 12.5 Å². The zero-order valence-electron chi connectivity index (χ0n) is 17.7. The van der Waals surface area contributed by atoms with E-state index in [2.05, 4.69) is 19.2 Å². The molecular formula is C21H41NO4. The molecule has 0 aliphatic carbocycles. The fourth-order valence-corrected chi connectivity index (χ4v) is 2.75. The molecule has 5 nitrogen and oxygen atoms in total. The van der Waals surface area contributed by atoms with Gasteiger partial charge in [0.15, 0.2) is 0 Å². The van der Waals surface area contributed by atoms with Crippen molar-refractivity contribution in [2.75, 3.05) is 13.2 Å². The van der Waals surface area contributed by atoms with E-state index in [9.17, 15) is 9.59 Å². The zero-order valence-corrected chi connectivity index (χ0v) is 17.7. The molecule has 26 heavy (non-hydrogen) atoms. The molecule has 1 amide bonds. The van der Waals surface area contributed by atoms with Gasteiger partial charge in [-0.3, -0.25) is 4.79 Å². The lowest BCUT2D eigenvalue weighted by Gasteiger charge is -2.20.